The minimum absolute atomic E-state index is 0.173. The maximum atomic E-state index is 9.25. The molecule has 0 unspecified atom stereocenters. The first-order valence-corrected chi connectivity index (χ1v) is 5.86. The van der Waals surface area contributed by atoms with Gasteiger partial charge in [-0.1, -0.05) is 11.6 Å². The summed E-state index contributed by atoms with van der Waals surface area (Å²) in [5.41, 5.74) is 6.11. The molecule has 6 heteroatoms. The third kappa shape index (κ3) is 4.03. The summed E-state index contributed by atoms with van der Waals surface area (Å²) in [5.74, 6) is 1.04. The Kier molecular flexibility index (Phi) is 6.21. The van der Waals surface area contributed by atoms with Gasteiger partial charge in [0.05, 0.1) is 38.6 Å². The van der Waals surface area contributed by atoms with Gasteiger partial charge in [-0.05, 0) is 17.7 Å². The van der Waals surface area contributed by atoms with Gasteiger partial charge in [-0.15, -0.1) is 0 Å². The topological polar surface area (TPSA) is 73.9 Å². The Morgan fingerprint density at radius 1 is 1.33 bits per heavy atom. The number of methoxy groups -OCH3 is 2. The van der Waals surface area contributed by atoms with Gasteiger partial charge in [0.25, 0.3) is 0 Å². The molecular formula is C12H18ClNO4. The van der Waals surface area contributed by atoms with E-state index in [9.17, 15) is 5.11 Å². The molecule has 1 atom stereocenters. The van der Waals surface area contributed by atoms with Gasteiger partial charge in [-0.25, -0.2) is 0 Å². The van der Waals surface area contributed by atoms with Crippen molar-refractivity contribution in [1.82, 2.24) is 0 Å². The largest absolute Gasteiger partial charge is 0.493 e. The van der Waals surface area contributed by atoms with Crippen LogP contribution in [0, 0.1) is 0 Å². The molecule has 0 saturated heterocycles. The second kappa shape index (κ2) is 7.43. The number of hydrogen-bond acceptors (Lipinski definition) is 5. The summed E-state index contributed by atoms with van der Waals surface area (Å²) < 4.78 is 15.6. The maximum Gasteiger partial charge on any atom is 0.179 e. The SMILES string of the molecule is COc1cc(COC[C@@H](O)CN)cc(Cl)c1OC. The highest BCUT2D eigenvalue weighted by atomic mass is 35.5. The maximum absolute atomic E-state index is 9.25. The second-order valence-electron chi connectivity index (χ2n) is 3.72. The van der Waals surface area contributed by atoms with E-state index < -0.39 is 6.10 Å². The zero-order chi connectivity index (χ0) is 13.5. The zero-order valence-corrected chi connectivity index (χ0v) is 11.2. The van der Waals surface area contributed by atoms with E-state index in [1.807, 2.05) is 0 Å². The fourth-order valence-electron chi connectivity index (χ4n) is 1.44. The van der Waals surface area contributed by atoms with Crippen LogP contribution in [0.3, 0.4) is 0 Å². The molecule has 0 aliphatic heterocycles. The fraction of sp³-hybridized carbons (Fsp3) is 0.500. The lowest BCUT2D eigenvalue weighted by Crippen LogP contribution is -2.24. The van der Waals surface area contributed by atoms with Crippen LogP contribution >= 0.6 is 11.6 Å². The second-order valence-corrected chi connectivity index (χ2v) is 4.13. The van der Waals surface area contributed by atoms with E-state index >= 15 is 0 Å². The van der Waals surface area contributed by atoms with Crippen molar-refractivity contribution in [2.24, 2.45) is 5.73 Å². The molecule has 102 valence electrons. The summed E-state index contributed by atoms with van der Waals surface area (Å²) in [5, 5.41) is 9.71. The fourth-order valence-corrected chi connectivity index (χ4v) is 1.75. The minimum Gasteiger partial charge on any atom is -0.493 e. The van der Waals surface area contributed by atoms with Crippen LogP contribution in [0.1, 0.15) is 5.56 Å². The number of aliphatic hydroxyl groups is 1. The molecule has 0 saturated carbocycles. The number of halogens is 1. The molecule has 1 rings (SSSR count). The van der Waals surface area contributed by atoms with Crippen molar-refractivity contribution in [2.45, 2.75) is 12.7 Å². The Bertz CT molecular complexity index is 387. The molecule has 0 bridgehead atoms. The van der Waals surface area contributed by atoms with Gasteiger partial charge in [0.1, 0.15) is 0 Å². The smallest absolute Gasteiger partial charge is 0.179 e. The molecule has 0 fully saturated rings. The summed E-state index contributed by atoms with van der Waals surface area (Å²) in [4.78, 5) is 0. The predicted octanol–water partition coefficient (Wildman–Crippen LogP) is 1.19. The van der Waals surface area contributed by atoms with Crippen LogP contribution in [-0.4, -0.2) is 38.6 Å². The average Bonchev–Trinajstić information content (AvgIpc) is 2.37. The highest BCUT2D eigenvalue weighted by Gasteiger charge is 2.11. The minimum atomic E-state index is -0.652. The lowest BCUT2D eigenvalue weighted by Gasteiger charge is -2.13. The summed E-state index contributed by atoms with van der Waals surface area (Å²) >= 11 is 6.05. The average molecular weight is 276 g/mol. The Morgan fingerprint density at radius 2 is 2.06 bits per heavy atom. The van der Waals surface area contributed by atoms with E-state index in [4.69, 9.17) is 31.5 Å². The summed E-state index contributed by atoms with van der Waals surface area (Å²) in [6.07, 6.45) is -0.652. The molecule has 0 heterocycles. The van der Waals surface area contributed by atoms with Crippen molar-refractivity contribution in [1.29, 1.82) is 0 Å². The summed E-state index contributed by atoms with van der Waals surface area (Å²) in [6.45, 7) is 0.673. The van der Waals surface area contributed by atoms with Crippen molar-refractivity contribution in [3.8, 4) is 11.5 Å². The third-order valence-electron chi connectivity index (χ3n) is 2.34. The molecule has 1 aromatic carbocycles. The number of hydrogen-bond donors (Lipinski definition) is 2. The van der Waals surface area contributed by atoms with E-state index in [0.29, 0.717) is 23.1 Å². The molecule has 1 aromatic rings. The van der Waals surface area contributed by atoms with Gasteiger partial charge < -0.3 is 25.1 Å². The summed E-state index contributed by atoms with van der Waals surface area (Å²) in [6, 6.07) is 3.51. The number of benzene rings is 1. The molecule has 0 aromatic heterocycles. The van der Waals surface area contributed by atoms with Gasteiger partial charge in [0.2, 0.25) is 0 Å². The van der Waals surface area contributed by atoms with E-state index in [1.54, 1.807) is 12.1 Å². The lowest BCUT2D eigenvalue weighted by atomic mass is 10.2. The first kappa shape index (κ1) is 15.0. The Morgan fingerprint density at radius 3 is 2.61 bits per heavy atom. The van der Waals surface area contributed by atoms with Crippen LogP contribution in [0.2, 0.25) is 5.02 Å². The van der Waals surface area contributed by atoms with Gasteiger partial charge in [0.15, 0.2) is 11.5 Å². The predicted molar refractivity (Wildman–Crippen MR) is 69.3 cm³/mol. The molecule has 3 N–H and O–H groups in total. The lowest BCUT2D eigenvalue weighted by molar-refractivity contribution is 0.0328. The van der Waals surface area contributed by atoms with Crippen LogP contribution in [0.4, 0.5) is 0 Å². The molecule has 18 heavy (non-hydrogen) atoms. The van der Waals surface area contributed by atoms with Crippen molar-refractivity contribution in [2.75, 3.05) is 27.4 Å². The Balaban J connectivity index is 2.69. The van der Waals surface area contributed by atoms with Crippen LogP contribution in [0.15, 0.2) is 12.1 Å². The van der Waals surface area contributed by atoms with E-state index in [2.05, 4.69) is 0 Å². The molecular weight excluding hydrogens is 258 g/mol. The van der Waals surface area contributed by atoms with Gasteiger partial charge in [-0.3, -0.25) is 0 Å². The van der Waals surface area contributed by atoms with Crippen LogP contribution < -0.4 is 15.2 Å². The number of ether oxygens (including phenoxy) is 3. The molecule has 0 amide bonds. The van der Waals surface area contributed by atoms with Gasteiger partial charge >= 0.3 is 0 Å². The number of nitrogens with two attached hydrogens (primary N) is 1. The van der Waals surface area contributed by atoms with Gasteiger partial charge in [0, 0.05) is 6.54 Å². The monoisotopic (exact) mass is 275 g/mol. The molecule has 0 aliphatic carbocycles. The van der Waals surface area contributed by atoms with Crippen LogP contribution in [-0.2, 0) is 11.3 Å². The zero-order valence-electron chi connectivity index (χ0n) is 10.5. The Hall–Kier alpha value is -1.01. The van der Waals surface area contributed by atoms with Crippen LogP contribution in [0.5, 0.6) is 11.5 Å². The van der Waals surface area contributed by atoms with Gasteiger partial charge in [-0.2, -0.15) is 0 Å². The standard InChI is InChI=1S/C12H18ClNO4/c1-16-11-4-8(3-10(13)12(11)17-2)6-18-7-9(15)5-14/h3-4,9,15H,5-7,14H2,1-2H3/t9-/m0/s1. The first-order valence-electron chi connectivity index (χ1n) is 5.48. The Labute approximate surface area is 111 Å². The molecule has 5 nitrogen and oxygen atoms in total. The van der Waals surface area contributed by atoms with E-state index in [-0.39, 0.29) is 13.2 Å². The van der Waals surface area contributed by atoms with Crippen molar-refractivity contribution in [3.05, 3.63) is 22.7 Å². The van der Waals surface area contributed by atoms with Crippen molar-refractivity contribution in [3.63, 3.8) is 0 Å². The van der Waals surface area contributed by atoms with Crippen LogP contribution in [0.25, 0.3) is 0 Å². The molecule has 0 aliphatic rings. The van der Waals surface area contributed by atoms with E-state index in [1.165, 1.54) is 14.2 Å². The van der Waals surface area contributed by atoms with Crippen molar-refractivity contribution >= 4 is 11.6 Å². The number of aliphatic hydroxyl groups excluding tert-OH is 1. The number of rotatable bonds is 7. The van der Waals surface area contributed by atoms with Crippen molar-refractivity contribution < 1.29 is 19.3 Å². The normalized spacial score (nSPS) is 12.3. The highest BCUT2D eigenvalue weighted by Crippen LogP contribution is 2.36. The molecule has 0 radical (unpaired) electrons. The summed E-state index contributed by atoms with van der Waals surface area (Å²) in [7, 11) is 3.06. The third-order valence-corrected chi connectivity index (χ3v) is 2.63. The highest BCUT2D eigenvalue weighted by molar-refractivity contribution is 6.32. The van der Waals surface area contributed by atoms with E-state index in [0.717, 1.165) is 5.56 Å². The first-order chi connectivity index (χ1) is 8.62. The molecule has 0 spiro atoms. The quantitative estimate of drug-likeness (QED) is 0.782.